The third kappa shape index (κ3) is 8.09. The molecule has 0 aliphatic rings. The minimum Gasteiger partial charge on any atom is -0.493 e. The first-order valence-corrected chi connectivity index (χ1v) is 13.0. The summed E-state index contributed by atoms with van der Waals surface area (Å²) in [7, 11) is 4.86. The molecule has 206 valence electrons. The van der Waals surface area contributed by atoms with Crippen LogP contribution in [-0.4, -0.2) is 56.7 Å². The van der Waals surface area contributed by atoms with Crippen LogP contribution >= 0.6 is 11.6 Å². The number of nitrogens with zero attached hydrogens (tertiary/aromatic N) is 1. The molecular formula is C31H35ClN2O5. The van der Waals surface area contributed by atoms with Gasteiger partial charge in [-0.2, -0.15) is 0 Å². The smallest absolute Gasteiger partial charge is 0.329 e. The number of carbonyl (C=O) groups is 2. The molecule has 0 aromatic heterocycles. The van der Waals surface area contributed by atoms with E-state index in [0.717, 1.165) is 11.1 Å². The van der Waals surface area contributed by atoms with Crippen molar-refractivity contribution in [2.45, 2.75) is 31.5 Å². The second kappa shape index (κ2) is 15.0. The van der Waals surface area contributed by atoms with E-state index in [2.05, 4.69) is 11.9 Å². The maximum Gasteiger partial charge on any atom is 0.329 e. The summed E-state index contributed by atoms with van der Waals surface area (Å²) in [5.41, 5.74) is 2.60. The van der Waals surface area contributed by atoms with Crippen molar-refractivity contribution in [3.05, 3.63) is 107 Å². The van der Waals surface area contributed by atoms with Gasteiger partial charge in [0, 0.05) is 13.5 Å². The largest absolute Gasteiger partial charge is 0.493 e. The molecule has 0 saturated heterocycles. The van der Waals surface area contributed by atoms with Crippen molar-refractivity contribution < 1.29 is 23.8 Å². The lowest BCUT2D eigenvalue weighted by atomic mass is 10.0. The lowest BCUT2D eigenvalue weighted by molar-refractivity contribution is -0.153. The van der Waals surface area contributed by atoms with Crippen LogP contribution in [0.1, 0.15) is 16.7 Å². The number of hydrogen-bond acceptors (Lipinski definition) is 6. The third-order valence-electron chi connectivity index (χ3n) is 6.36. The van der Waals surface area contributed by atoms with Crippen molar-refractivity contribution in [1.82, 2.24) is 10.2 Å². The summed E-state index contributed by atoms with van der Waals surface area (Å²) in [5, 5.41) is 3.44. The Hall–Kier alpha value is -3.81. The SMILES string of the molecule is C=CCOC(=O)[C@H](Cc1ccccc1)N(C)C(=O)[C@H](Cc1ccc(OC)c(OCc2ccccc2)c1Cl)NC. The van der Waals surface area contributed by atoms with E-state index in [-0.39, 0.29) is 18.9 Å². The molecule has 3 rings (SSSR count). The van der Waals surface area contributed by atoms with Gasteiger partial charge in [-0.25, -0.2) is 4.79 Å². The fourth-order valence-corrected chi connectivity index (χ4v) is 4.43. The van der Waals surface area contributed by atoms with Gasteiger partial charge in [-0.05, 0) is 36.2 Å². The number of nitrogens with one attached hydrogen (secondary N) is 1. The maximum absolute atomic E-state index is 13.7. The summed E-state index contributed by atoms with van der Waals surface area (Å²) in [4.78, 5) is 28.0. The summed E-state index contributed by atoms with van der Waals surface area (Å²) in [6, 6.07) is 21.4. The first-order chi connectivity index (χ1) is 18.9. The zero-order valence-corrected chi connectivity index (χ0v) is 23.3. The van der Waals surface area contributed by atoms with Gasteiger partial charge in [-0.15, -0.1) is 0 Å². The Morgan fingerprint density at radius 2 is 1.64 bits per heavy atom. The highest BCUT2D eigenvalue weighted by Crippen LogP contribution is 2.38. The van der Waals surface area contributed by atoms with E-state index in [1.165, 1.54) is 11.0 Å². The predicted molar refractivity (Wildman–Crippen MR) is 153 cm³/mol. The highest BCUT2D eigenvalue weighted by molar-refractivity contribution is 6.33. The predicted octanol–water partition coefficient (Wildman–Crippen LogP) is 4.86. The molecule has 0 aliphatic heterocycles. The zero-order valence-electron chi connectivity index (χ0n) is 22.6. The van der Waals surface area contributed by atoms with Crippen LogP contribution in [-0.2, 0) is 33.8 Å². The van der Waals surface area contributed by atoms with Gasteiger partial charge in [0.2, 0.25) is 5.91 Å². The highest BCUT2D eigenvalue weighted by atomic mass is 35.5. The van der Waals surface area contributed by atoms with Crippen molar-refractivity contribution in [3.63, 3.8) is 0 Å². The van der Waals surface area contributed by atoms with E-state index in [9.17, 15) is 9.59 Å². The molecule has 7 nitrogen and oxygen atoms in total. The lowest BCUT2D eigenvalue weighted by Gasteiger charge is -2.30. The van der Waals surface area contributed by atoms with Crippen LogP contribution < -0.4 is 14.8 Å². The molecule has 0 unspecified atom stereocenters. The molecule has 39 heavy (non-hydrogen) atoms. The molecule has 3 aromatic carbocycles. The van der Waals surface area contributed by atoms with Gasteiger partial charge in [-0.3, -0.25) is 4.79 Å². The minimum absolute atomic E-state index is 0.0643. The van der Waals surface area contributed by atoms with E-state index >= 15 is 0 Å². The van der Waals surface area contributed by atoms with Gasteiger partial charge < -0.3 is 24.4 Å². The molecule has 0 bridgehead atoms. The fourth-order valence-electron chi connectivity index (χ4n) is 4.15. The molecule has 1 N–H and O–H groups in total. The van der Waals surface area contributed by atoms with Gasteiger partial charge in [0.05, 0.1) is 18.2 Å². The van der Waals surface area contributed by atoms with Crippen LogP contribution in [0.3, 0.4) is 0 Å². The average Bonchev–Trinajstić information content (AvgIpc) is 2.97. The second-order valence-electron chi connectivity index (χ2n) is 8.96. The number of esters is 1. The third-order valence-corrected chi connectivity index (χ3v) is 6.77. The Balaban J connectivity index is 1.81. The Morgan fingerprint density at radius 1 is 1.00 bits per heavy atom. The van der Waals surface area contributed by atoms with Crippen LogP contribution in [0, 0.1) is 0 Å². The molecule has 2 atom stereocenters. The van der Waals surface area contributed by atoms with Crippen molar-refractivity contribution in [1.29, 1.82) is 0 Å². The van der Waals surface area contributed by atoms with E-state index < -0.39 is 18.1 Å². The topological polar surface area (TPSA) is 77.1 Å². The summed E-state index contributed by atoms with van der Waals surface area (Å²) >= 11 is 6.78. The molecule has 1 amide bonds. The van der Waals surface area contributed by atoms with Gasteiger partial charge in [-0.1, -0.05) is 91.0 Å². The number of halogens is 1. The van der Waals surface area contributed by atoms with Crippen molar-refractivity contribution in [2.24, 2.45) is 0 Å². The molecule has 0 radical (unpaired) electrons. The van der Waals surface area contributed by atoms with E-state index in [0.29, 0.717) is 35.1 Å². The number of methoxy groups -OCH3 is 1. The Kier molecular flexibility index (Phi) is 11.4. The molecule has 0 fully saturated rings. The normalized spacial score (nSPS) is 12.2. The molecule has 0 saturated carbocycles. The summed E-state index contributed by atoms with van der Waals surface area (Å²) < 4.78 is 16.8. The Morgan fingerprint density at radius 3 is 2.23 bits per heavy atom. The van der Waals surface area contributed by atoms with Crippen LogP contribution in [0.15, 0.2) is 85.5 Å². The van der Waals surface area contributed by atoms with Gasteiger partial charge >= 0.3 is 5.97 Å². The standard InChI is InChI=1S/C31H35ClN2O5/c1-5-18-38-31(36)26(19-22-12-8-6-9-13-22)34(3)30(35)25(33-2)20-24-16-17-27(37-4)29(28(24)32)39-21-23-14-10-7-11-15-23/h5-17,25-26,33H,1,18-21H2,2-4H3/t25-,26-/m0/s1. The van der Waals surface area contributed by atoms with Crippen LogP contribution in [0.4, 0.5) is 0 Å². The lowest BCUT2D eigenvalue weighted by Crippen LogP contribution is -2.52. The summed E-state index contributed by atoms with van der Waals surface area (Å²) in [6.45, 7) is 3.98. The number of carbonyl (C=O) groups excluding carboxylic acids is 2. The number of likely N-dealkylation sites (N-methyl/N-ethyl adjacent to an activating group) is 2. The fraction of sp³-hybridized carbons (Fsp3) is 0.290. The maximum atomic E-state index is 13.7. The van der Waals surface area contributed by atoms with E-state index in [1.807, 2.05) is 66.7 Å². The number of hydrogen-bond donors (Lipinski definition) is 1. The molecule has 0 heterocycles. The first kappa shape index (κ1) is 29.7. The minimum atomic E-state index is -0.813. The summed E-state index contributed by atoms with van der Waals surface area (Å²) in [6.07, 6.45) is 2.08. The van der Waals surface area contributed by atoms with Gasteiger partial charge in [0.1, 0.15) is 19.3 Å². The molecular weight excluding hydrogens is 516 g/mol. The molecule has 0 aliphatic carbocycles. The zero-order chi connectivity index (χ0) is 28.2. The highest BCUT2D eigenvalue weighted by Gasteiger charge is 2.32. The Labute approximate surface area is 235 Å². The second-order valence-corrected chi connectivity index (χ2v) is 9.34. The molecule has 3 aromatic rings. The first-order valence-electron chi connectivity index (χ1n) is 12.7. The van der Waals surface area contributed by atoms with Crippen molar-refractivity contribution >= 4 is 23.5 Å². The van der Waals surface area contributed by atoms with Crippen LogP contribution in [0.25, 0.3) is 0 Å². The number of rotatable bonds is 14. The van der Waals surface area contributed by atoms with Crippen molar-refractivity contribution in [3.8, 4) is 11.5 Å². The number of amides is 1. The van der Waals surface area contributed by atoms with Gasteiger partial charge in [0.25, 0.3) is 0 Å². The summed E-state index contributed by atoms with van der Waals surface area (Å²) in [5.74, 6) is 0.138. The van der Waals surface area contributed by atoms with Crippen LogP contribution in [0.5, 0.6) is 11.5 Å². The van der Waals surface area contributed by atoms with Gasteiger partial charge in [0.15, 0.2) is 11.5 Å². The quantitative estimate of drug-likeness (QED) is 0.228. The van der Waals surface area contributed by atoms with Crippen molar-refractivity contribution in [2.75, 3.05) is 27.8 Å². The molecule has 0 spiro atoms. The van der Waals surface area contributed by atoms with E-state index in [4.69, 9.17) is 25.8 Å². The van der Waals surface area contributed by atoms with E-state index in [1.54, 1.807) is 27.3 Å². The van der Waals surface area contributed by atoms with Crippen LogP contribution in [0.2, 0.25) is 5.02 Å². The molecule has 8 heteroatoms. The number of ether oxygens (including phenoxy) is 3. The number of benzene rings is 3. The Bertz CT molecular complexity index is 1240. The average molecular weight is 551 g/mol. The monoisotopic (exact) mass is 550 g/mol.